The van der Waals surface area contributed by atoms with Gasteiger partial charge in [0.1, 0.15) is 0 Å². The third-order valence-electron chi connectivity index (χ3n) is 1.18. The maximum absolute atomic E-state index is 4.88. The minimum absolute atomic E-state index is 0.361. The highest BCUT2D eigenvalue weighted by atomic mass is 32.4. The summed E-state index contributed by atoms with van der Waals surface area (Å²) in [5, 5.41) is 0. The Kier molecular flexibility index (Phi) is 8.27. The van der Waals surface area contributed by atoms with Crippen LogP contribution in [-0.2, 0) is 11.8 Å². The molecule has 1 unspecified atom stereocenters. The fourth-order valence-corrected chi connectivity index (χ4v) is 1.61. The van der Waals surface area contributed by atoms with E-state index in [-0.39, 0.29) is 0 Å². The molecule has 0 nitrogen and oxygen atoms in total. The quantitative estimate of drug-likeness (QED) is 0.428. The van der Waals surface area contributed by atoms with Crippen molar-refractivity contribution in [1.29, 1.82) is 0 Å². The van der Waals surface area contributed by atoms with Crippen molar-refractivity contribution >= 4 is 19.2 Å². The summed E-state index contributed by atoms with van der Waals surface area (Å²) in [5.74, 6) is 0. The molecule has 0 amide bonds. The molecule has 0 saturated carbocycles. The minimum atomic E-state index is 0.361. The molecular weight excluding hydrogens is 135 g/mol. The van der Waals surface area contributed by atoms with E-state index in [9.17, 15) is 0 Å². The number of hydrogen-bond donors (Lipinski definition) is 0. The van der Waals surface area contributed by atoms with E-state index in [1.807, 2.05) is 0 Å². The summed E-state index contributed by atoms with van der Waals surface area (Å²) in [6.07, 6.45) is 6.85. The van der Waals surface area contributed by atoms with Crippen molar-refractivity contribution < 1.29 is 0 Å². The summed E-state index contributed by atoms with van der Waals surface area (Å²) < 4.78 is 0. The van der Waals surface area contributed by atoms with Gasteiger partial charge >= 0.3 is 0 Å². The lowest BCUT2D eigenvalue weighted by atomic mass is 10.2. The number of unbranched alkanes of at least 4 members (excludes halogenated alkanes) is 3. The molecule has 0 aliphatic heterocycles. The predicted octanol–water partition coefficient (Wildman–Crippen LogP) is 2.44. The predicted molar refractivity (Wildman–Crippen MR) is 46.1 cm³/mol. The average Bonchev–Trinajstić information content (AvgIpc) is 1.81. The lowest BCUT2D eigenvalue weighted by Crippen LogP contribution is -1.74. The SMILES string of the molecule is CCCCCC[PH2]=S. The summed E-state index contributed by atoms with van der Waals surface area (Å²) in [4.78, 5) is 0. The first kappa shape index (κ1) is 8.65. The van der Waals surface area contributed by atoms with Gasteiger partial charge in [-0.15, -0.1) is 11.8 Å². The van der Waals surface area contributed by atoms with Crippen LogP contribution in [0.5, 0.6) is 0 Å². The minimum Gasteiger partial charge on any atom is -0.104 e. The highest BCUT2D eigenvalue weighted by molar-refractivity contribution is 7.96. The molecule has 50 valence electrons. The van der Waals surface area contributed by atoms with Crippen molar-refractivity contribution in [2.75, 3.05) is 6.16 Å². The van der Waals surface area contributed by atoms with Gasteiger partial charge in [0.2, 0.25) is 0 Å². The molecule has 0 saturated heterocycles. The molecule has 0 aromatic carbocycles. The molecule has 0 aliphatic rings. The first-order chi connectivity index (χ1) is 3.91. The molecule has 2 heteroatoms. The van der Waals surface area contributed by atoms with Crippen LogP contribution in [0.25, 0.3) is 0 Å². The molecule has 0 aliphatic carbocycles. The summed E-state index contributed by atoms with van der Waals surface area (Å²) >= 11 is 4.88. The lowest BCUT2D eigenvalue weighted by molar-refractivity contribution is 0.706. The Morgan fingerprint density at radius 2 is 2.00 bits per heavy atom. The van der Waals surface area contributed by atoms with E-state index in [0.717, 1.165) is 0 Å². The Labute approximate surface area is 58.5 Å². The second-order valence-electron chi connectivity index (χ2n) is 2.02. The molecule has 0 rings (SSSR count). The van der Waals surface area contributed by atoms with E-state index in [1.54, 1.807) is 0 Å². The Morgan fingerprint density at radius 3 is 2.50 bits per heavy atom. The average molecular weight is 150 g/mol. The molecular formula is C6H15PS. The van der Waals surface area contributed by atoms with E-state index < -0.39 is 0 Å². The van der Waals surface area contributed by atoms with E-state index in [1.165, 1.54) is 31.8 Å². The lowest BCUT2D eigenvalue weighted by Gasteiger charge is -1.91. The molecule has 0 fully saturated rings. The maximum atomic E-state index is 4.88. The first-order valence-electron chi connectivity index (χ1n) is 3.35. The van der Waals surface area contributed by atoms with Gasteiger partial charge in [0.15, 0.2) is 0 Å². The molecule has 8 heavy (non-hydrogen) atoms. The van der Waals surface area contributed by atoms with Gasteiger partial charge in [-0.25, -0.2) is 0 Å². The van der Waals surface area contributed by atoms with Crippen LogP contribution < -0.4 is 0 Å². The molecule has 0 heterocycles. The van der Waals surface area contributed by atoms with Crippen molar-refractivity contribution in [1.82, 2.24) is 0 Å². The summed E-state index contributed by atoms with van der Waals surface area (Å²) in [6.45, 7) is 2.24. The molecule has 1 atom stereocenters. The van der Waals surface area contributed by atoms with E-state index in [0.29, 0.717) is 7.36 Å². The second-order valence-corrected chi connectivity index (χ2v) is 3.93. The van der Waals surface area contributed by atoms with Crippen LogP contribution >= 0.6 is 7.36 Å². The fourth-order valence-electron chi connectivity index (χ4n) is 0.654. The van der Waals surface area contributed by atoms with Gasteiger partial charge in [-0.1, -0.05) is 33.5 Å². The third-order valence-corrected chi connectivity index (χ3v) is 2.53. The normalized spacial score (nSPS) is 11.1. The molecule has 0 aromatic heterocycles. The zero-order chi connectivity index (χ0) is 6.24. The Hall–Kier alpha value is 0.650. The van der Waals surface area contributed by atoms with Crippen LogP contribution in [0.2, 0.25) is 0 Å². The number of rotatable bonds is 5. The van der Waals surface area contributed by atoms with Gasteiger partial charge in [0, 0.05) is 0 Å². The summed E-state index contributed by atoms with van der Waals surface area (Å²) in [6, 6.07) is 0. The Balaban J connectivity index is 2.62. The maximum Gasteiger partial charge on any atom is -0.0286 e. The van der Waals surface area contributed by atoms with Crippen molar-refractivity contribution in [2.45, 2.75) is 32.6 Å². The van der Waals surface area contributed by atoms with Crippen molar-refractivity contribution in [3.63, 3.8) is 0 Å². The highest BCUT2D eigenvalue weighted by Crippen LogP contribution is 2.03. The zero-order valence-corrected chi connectivity index (χ0v) is 7.49. The van der Waals surface area contributed by atoms with Crippen LogP contribution in [0.3, 0.4) is 0 Å². The largest absolute Gasteiger partial charge is 0.104 e. The molecule has 0 N–H and O–H groups in total. The first-order valence-corrected chi connectivity index (χ1v) is 6.05. The van der Waals surface area contributed by atoms with Crippen LogP contribution in [0.15, 0.2) is 0 Å². The zero-order valence-electron chi connectivity index (χ0n) is 5.52. The van der Waals surface area contributed by atoms with Crippen LogP contribution in [-0.4, -0.2) is 6.16 Å². The molecule has 0 aromatic rings. The Morgan fingerprint density at radius 1 is 1.25 bits per heavy atom. The third kappa shape index (κ3) is 6.65. The van der Waals surface area contributed by atoms with Crippen molar-refractivity contribution in [3.8, 4) is 0 Å². The van der Waals surface area contributed by atoms with Gasteiger partial charge < -0.3 is 0 Å². The molecule has 0 spiro atoms. The fraction of sp³-hybridized carbons (Fsp3) is 1.00. The van der Waals surface area contributed by atoms with Crippen molar-refractivity contribution in [3.05, 3.63) is 0 Å². The van der Waals surface area contributed by atoms with Crippen molar-refractivity contribution in [2.24, 2.45) is 0 Å². The van der Waals surface area contributed by atoms with Crippen LogP contribution in [0.1, 0.15) is 32.6 Å². The van der Waals surface area contributed by atoms with E-state index in [2.05, 4.69) is 6.92 Å². The van der Waals surface area contributed by atoms with E-state index in [4.69, 9.17) is 11.8 Å². The Bertz CT molecular complexity index is 54.5. The van der Waals surface area contributed by atoms with E-state index >= 15 is 0 Å². The standard InChI is InChI=1S/C6H15PS/c1-2-3-4-5-6-7-8/h2-7H2,1H3. The van der Waals surface area contributed by atoms with Gasteiger partial charge in [-0.3, -0.25) is 0 Å². The summed E-state index contributed by atoms with van der Waals surface area (Å²) in [5.41, 5.74) is 0. The van der Waals surface area contributed by atoms with Gasteiger partial charge in [0.25, 0.3) is 0 Å². The van der Waals surface area contributed by atoms with Gasteiger partial charge in [0.05, 0.1) is 0 Å². The molecule has 0 bridgehead atoms. The second kappa shape index (κ2) is 7.65. The highest BCUT2D eigenvalue weighted by Gasteiger charge is 1.81. The molecule has 0 radical (unpaired) electrons. The monoisotopic (exact) mass is 150 g/mol. The smallest absolute Gasteiger partial charge is 0.0286 e. The number of hydrogen-bond acceptors (Lipinski definition) is 1. The van der Waals surface area contributed by atoms with Crippen LogP contribution in [0.4, 0.5) is 0 Å². The van der Waals surface area contributed by atoms with Gasteiger partial charge in [-0.2, -0.15) is 0 Å². The topological polar surface area (TPSA) is 0 Å². The van der Waals surface area contributed by atoms with Gasteiger partial charge in [-0.05, 0) is 12.6 Å². The van der Waals surface area contributed by atoms with Crippen LogP contribution in [0, 0.1) is 0 Å². The summed E-state index contributed by atoms with van der Waals surface area (Å²) in [7, 11) is 0.361.